The number of benzene rings is 1. The Kier molecular flexibility index (Phi) is 4.91. The first-order chi connectivity index (χ1) is 8.28. The van der Waals surface area contributed by atoms with Gasteiger partial charge in [-0.3, -0.25) is 0 Å². The summed E-state index contributed by atoms with van der Waals surface area (Å²) in [4.78, 5) is 0. The highest BCUT2D eigenvalue weighted by molar-refractivity contribution is 5.33. The van der Waals surface area contributed by atoms with Gasteiger partial charge in [0.25, 0.3) is 0 Å². The lowest BCUT2D eigenvalue weighted by molar-refractivity contribution is 0.337. The Morgan fingerprint density at radius 2 is 2.06 bits per heavy atom. The maximum absolute atomic E-state index is 13.1. The van der Waals surface area contributed by atoms with Crippen LogP contribution in [0.5, 0.6) is 5.75 Å². The van der Waals surface area contributed by atoms with Gasteiger partial charge in [0.15, 0.2) is 0 Å². The van der Waals surface area contributed by atoms with Crippen LogP contribution >= 0.6 is 0 Å². The van der Waals surface area contributed by atoms with Gasteiger partial charge in [-0.1, -0.05) is 12.6 Å². The molecule has 1 rings (SSSR count). The molecule has 0 aliphatic rings. The van der Waals surface area contributed by atoms with Crippen molar-refractivity contribution in [3.05, 3.63) is 41.7 Å². The van der Waals surface area contributed by atoms with Crippen LogP contribution in [-0.4, -0.2) is 18.7 Å². The summed E-state index contributed by atoms with van der Waals surface area (Å²) in [5.41, 5.74) is 1.92. The topological polar surface area (TPSA) is 21.3 Å². The number of nitrogens with one attached hydrogen (secondary N) is 1. The van der Waals surface area contributed by atoms with E-state index in [0.29, 0.717) is 18.9 Å². The highest BCUT2D eigenvalue weighted by Crippen LogP contribution is 2.19. The number of rotatable bonds is 5. The molecule has 3 heteroatoms. The number of aryl methyl sites for hydroxylation is 1. The summed E-state index contributed by atoms with van der Waals surface area (Å²) in [5.74, 6) is 0.293. The molecule has 0 fully saturated rings. The normalized spacial score (nSPS) is 11.4. The van der Waals surface area contributed by atoms with Crippen molar-refractivity contribution < 1.29 is 9.13 Å². The van der Waals surface area contributed by atoms with E-state index in [0.717, 1.165) is 11.1 Å². The lowest BCUT2D eigenvalue weighted by Gasteiger charge is -2.21. The molecule has 100 valence electrons. The molecule has 0 atom stereocenters. The molecule has 1 aromatic carbocycles. The van der Waals surface area contributed by atoms with Gasteiger partial charge in [-0.2, -0.15) is 0 Å². The Morgan fingerprint density at radius 1 is 1.39 bits per heavy atom. The van der Waals surface area contributed by atoms with E-state index in [1.165, 1.54) is 12.1 Å². The van der Waals surface area contributed by atoms with E-state index in [4.69, 9.17) is 4.74 Å². The Balaban J connectivity index is 2.45. The maximum atomic E-state index is 13.1. The molecule has 1 N–H and O–H groups in total. The molecule has 0 saturated heterocycles. The predicted octanol–water partition coefficient (Wildman–Crippen LogP) is 3.46. The highest BCUT2D eigenvalue weighted by atomic mass is 19.1. The van der Waals surface area contributed by atoms with Crippen LogP contribution in [0.1, 0.15) is 26.3 Å². The molecule has 0 spiro atoms. The summed E-state index contributed by atoms with van der Waals surface area (Å²) in [7, 11) is 0. The molecule has 2 nitrogen and oxygen atoms in total. The van der Waals surface area contributed by atoms with Gasteiger partial charge in [0.05, 0.1) is 0 Å². The minimum absolute atomic E-state index is 0.0533. The molecule has 0 heterocycles. The smallest absolute Gasteiger partial charge is 0.126 e. The maximum Gasteiger partial charge on any atom is 0.126 e. The molecule has 0 unspecified atom stereocenters. The van der Waals surface area contributed by atoms with E-state index < -0.39 is 0 Å². The summed E-state index contributed by atoms with van der Waals surface area (Å²) < 4.78 is 18.6. The van der Waals surface area contributed by atoms with E-state index in [1.54, 1.807) is 6.07 Å². The fourth-order valence-corrected chi connectivity index (χ4v) is 1.35. The molecule has 0 bridgehead atoms. The number of ether oxygens (including phenoxy) is 1. The Hall–Kier alpha value is -1.35. The average Bonchev–Trinajstić information content (AvgIpc) is 2.26. The average molecular weight is 251 g/mol. The fraction of sp³-hybridized carbons (Fsp3) is 0.467. The molecule has 0 aliphatic heterocycles. The zero-order valence-corrected chi connectivity index (χ0v) is 11.6. The first kappa shape index (κ1) is 14.7. The number of hydrogen-bond donors (Lipinski definition) is 1. The standard InChI is InChI=1S/C15H22FNO/c1-11(9-17-15(3,4)5)10-18-14-8-13(16)7-6-12(14)2/h6-8,17H,1,9-10H2,2-5H3. The van der Waals surface area contributed by atoms with Crippen LogP contribution in [0.15, 0.2) is 30.4 Å². The van der Waals surface area contributed by atoms with Crippen LogP contribution in [-0.2, 0) is 0 Å². The second-order valence-electron chi connectivity index (χ2n) is 5.55. The van der Waals surface area contributed by atoms with Gasteiger partial charge in [-0.25, -0.2) is 4.39 Å². The summed E-state index contributed by atoms with van der Waals surface area (Å²) in [6, 6.07) is 4.54. The Labute approximate surface area is 109 Å². The second-order valence-corrected chi connectivity index (χ2v) is 5.55. The Bertz CT molecular complexity index is 421. The van der Waals surface area contributed by atoms with Crippen molar-refractivity contribution in [3.8, 4) is 5.75 Å². The SMILES string of the molecule is C=C(CNC(C)(C)C)COc1cc(F)ccc1C. The number of hydrogen-bond acceptors (Lipinski definition) is 2. The van der Waals surface area contributed by atoms with E-state index in [9.17, 15) is 4.39 Å². The molecule has 1 aromatic rings. The van der Waals surface area contributed by atoms with Gasteiger partial charge < -0.3 is 10.1 Å². The van der Waals surface area contributed by atoms with Gasteiger partial charge in [-0.15, -0.1) is 0 Å². The third-order valence-electron chi connectivity index (χ3n) is 2.45. The lowest BCUT2D eigenvalue weighted by atomic mass is 10.1. The van der Waals surface area contributed by atoms with Crippen LogP contribution in [0.2, 0.25) is 0 Å². The molecule has 0 aliphatic carbocycles. The second kappa shape index (κ2) is 6.01. The molecule has 0 saturated carbocycles. The lowest BCUT2D eigenvalue weighted by Crippen LogP contribution is -2.37. The van der Waals surface area contributed by atoms with Gasteiger partial charge in [0, 0.05) is 18.2 Å². The third-order valence-corrected chi connectivity index (χ3v) is 2.45. The zero-order chi connectivity index (χ0) is 13.8. The highest BCUT2D eigenvalue weighted by Gasteiger charge is 2.09. The first-order valence-electron chi connectivity index (χ1n) is 6.08. The molecule has 0 radical (unpaired) electrons. The van der Waals surface area contributed by atoms with Gasteiger partial charge in [0.1, 0.15) is 18.2 Å². The van der Waals surface area contributed by atoms with Crippen LogP contribution < -0.4 is 10.1 Å². The monoisotopic (exact) mass is 251 g/mol. The van der Waals surface area contributed by atoms with Gasteiger partial charge in [-0.05, 0) is 44.9 Å². The summed E-state index contributed by atoms with van der Waals surface area (Å²) in [5, 5.41) is 3.33. The van der Waals surface area contributed by atoms with Crippen molar-refractivity contribution >= 4 is 0 Å². The van der Waals surface area contributed by atoms with Crippen molar-refractivity contribution in [1.29, 1.82) is 0 Å². The quantitative estimate of drug-likeness (QED) is 0.809. The molecule has 0 amide bonds. The predicted molar refractivity (Wildman–Crippen MR) is 73.5 cm³/mol. The van der Waals surface area contributed by atoms with E-state index in [-0.39, 0.29) is 11.4 Å². The van der Waals surface area contributed by atoms with E-state index in [1.807, 2.05) is 6.92 Å². The van der Waals surface area contributed by atoms with E-state index >= 15 is 0 Å². The molecule has 18 heavy (non-hydrogen) atoms. The van der Waals surface area contributed by atoms with Crippen molar-refractivity contribution in [2.75, 3.05) is 13.2 Å². The molecular weight excluding hydrogens is 229 g/mol. The van der Waals surface area contributed by atoms with Crippen molar-refractivity contribution in [2.24, 2.45) is 0 Å². The first-order valence-corrected chi connectivity index (χ1v) is 6.08. The van der Waals surface area contributed by atoms with Crippen LogP contribution in [0.4, 0.5) is 4.39 Å². The van der Waals surface area contributed by atoms with E-state index in [2.05, 4.69) is 32.7 Å². The summed E-state index contributed by atoms with van der Waals surface area (Å²) in [6.07, 6.45) is 0. The third kappa shape index (κ3) is 5.32. The number of halogens is 1. The van der Waals surface area contributed by atoms with Crippen molar-refractivity contribution in [3.63, 3.8) is 0 Å². The van der Waals surface area contributed by atoms with Crippen molar-refractivity contribution in [1.82, 2.24) is 5.32 Å². The fourth-order valence-electron chi connectivity index (χ4n) is 1.35. The Morgan fingerprint density at radius 3 is 2.67 bits per heavy atom. The van der Waals surface area contributed by atoms with Gasteiger partial charge >= 0.3 is 0 Å². The van der Waals surface area contributed by atoms with Crippen molar-refractivity contribution in [2.45, 2.75) is 33.2 Å². The molecule has 0 aromatic heterocycles. The zero-order valence-electron chi connectivity index (χ0n) is 11.6. The largest absolute Gasteiger partial charge is 0.489 e. The van der Waals surface area contributed by atoms with Crippen LogP contribution in [0.25, 0.3) is 0 Å². The van der Waals surface area contributed by atoms with Gasteiger partial charge in [0.2, 0.25) is 0 Å². The minimum Gasteiger partial charge on any atom is -0.489 e. The minimum atomic E-state index is -0.283. The summed E-state index contributed by atoms with van der Waals surface area (Å²) in [6.45, 7) is 13.2. The summed E-state index contributed by atoms with van der Waals surface area (Å²) >= 11 is 0. The van der Waals surface area contributed by atoms with Crippen LogP contribution in [0.3, 0.4) is 0 Å². The van der Waals surface area contributed by atoms with Crippen LogP contribution in [0, 0.1) is 12.7 Å². The molecular formula is C15H22FNO.